The van der Waals surface area contributed by atoms with Gasteiger partial charge in [0.15, 0.2) is 0 Å². The van der Waals surface area contributed by atoms with Gasteiger partial charge in [-0.1, -0.05) is 18.5 Å². The Labute approximate surface area is 120 Å². The van der Waals surface area contributed by atoms with E-state index in [-0.39, 0.29) is 0 Å². The highest BCUT2D eigenvalue weighted by atomic mass is 35.5. The van der Waals surface area contributed by atoms with E-state index >= 15 is 0 Å². The molecule has 1 fully saturated rings. The van der Waals surface area contributed by atoms with Crippen molar-refractivity contribution in [3.63, 3.8) is 0 Å². The van der Waals surface area contributed by atoms with E-state index in [1.807, 2.05) is 6.07 Å². The molecule has 1 heterocycles. The maximum Gasteiger partial charge on any atom is 0.101 e. The Morgan fingerprint density at radius 1 is 1.42 bits per heavy atom. The molecule has 102 valence electrons. The quantitative estimate of drug-likeness (QED) is 0.917. The van der Waals surface area contributed by atoms with Crippen LogP contribution < -0.4 is 5.32 Å². The van der Waals surface area contributed by atoms with Gasteiger partial charge in [-0.25, -0.2) is 0 Å². The average molecular weight is 278 g/mol. The number of benzene rings is 1. The van der Waals surface area contributed by atoms with E-state index in [9.17, 15) is 0 Å². The summed E-state index contributed by atoms with van der Waals surface area (Å²) in [6.45, 7) is 6.56. The molecule has 3 nitrogen and oxygen atoms in total. The molecule has 0 amide bonds. The summed E-state index contributed by atoms with van der Waals surface area (Å²) in [6.07, 6.45) is 2.58. The van der Waals surface area contributed by atoms with Crippen LogP contribution in [0.4, 0.5) is 5.69 Å². The molecule has 1 aromatic rings. The molecule has 0 radical (unpaired) electrons. The second-order valence-corrected chi connectivity index (χ2v) is 5.69. The molecule has 1 aliphatic rings. The topological polar surface area (TPSA) is 39.1 Å². The number of rotatable bonds is 4. The Balaban J connectivity index is 1.83. The first-order valence-electron chi connectivity index (χ1n) is 6.85. The summed E-state index contributed by atoms with van der Waals surface area (Å²) < 4.78 is 0. The Bertz CT molecular complexity index is 459. The molecule has 0 spiro atoms. The van der Waals surface area contributed by atoms with Crippen molar-refractivity contribution in [2.24, 2.45) is 5.92 Å². The molecule has 0 aliphatic carbocycles. The normalized spacial score (nSPS) is 17.1. The van der Waals surface area contributed by atoms with Crippen LogP contribution in [0.15, 0.2) is 18.2 Å². The predicted molar refractivity (Wildman–Crippen MR) is 79.5 cm³/mol. The first-order chi connectivity index (χ1) is 9.19. The lowest BCUT2D eigenvalue weighted by atomic mass is 9.99. The Hall–Kier alpha value is -1.24. The lowest BCUT2D eigenvalue weighted by Gasteiger charge is -2.30. The summed E-state index contributed by atoms with van der Waals surface area (Å²) in [7, 11) is 0. The lowest BCUT2D eigenvalue weighted by molar-refractivity contribution is 0.199. The molecule has 0 atom stereocenters. The van der Waals surface area contributed by atoms with Crippen LogP contribution >= 0.6 is 11.6 Å². The van der Waals surface area contributed by atoms with Crippen molar-refractivity contribution >= 4 is 17.3 Å². The van der Waals surface area contributed by atoms with Crippen molar-refractivity contribution in [2.75, 3.05) is 31.5 Å². The van der Waals surface area contributed by atoms with E-state index in [0.717, 1.165) is 24.7 Å². The van der Waals surface area contributed by atoms with Gasteiger partial charge in [-0.2, -0.15) is 5.26 Å². The zero-order valence-electron chi connectivity index (χ0n) is 11.3. The van der Waals surface area contributed by atoms with Crippen molar-refractivity contribution in [1.29, 1.82) is 5.26 Å². The van der Waals surface area contributed by atoms with Crippen LogP contribution in [0.1, 0.15) is 25.3 Å². The first-order valence-corrected chi connectivity index (χ1v) is 7.22. The fraction of sp³-hybridized carbons (Fsp3) is 0.533. The lowest BCUT2D eigenvalue weighted by Crippen LogP contribution is -2.36. The van der Waals surface area contributed by atoms with Crippen LogP contribution in [0.2, 0.25) is 5.02 Å². The fourth-order valence-corrected chi connectivity index (χ4v) is 2.57. The highest BCUT2D eigenvalue weighted by Crippen LogP contribution is 2.20. The third kappa shape index (κ3) is 4.12. The maximum atomic E-state index is 9.04. The van der Waals surface area contributed by atoms with Crippen LogP contribution in [0.25, 0.3) is 0 Å². The smallest absolute Gasteiger partial charge is 0.101 e. The summed E-state index contributed by atoms with van der Waals surface area (Å²) >= 11 is 5.96. The third-order valence-electron chi connectivity index (χ3n) is 3.72. The number of nitrogens with one attached hydrogen (secondary N) is 1. The van der Waals surface area contributed by atoms with E-state index < -0.39 is 0 Å². The minimum absolute atomic E-state index is 0.650. The average Bonchev–Trinajstić information content (AvgIpc) is 2.41. The second kappa shape index (κ2) is 6.79. The van der Waals surface area contributed by atoms with E-state index in [1.165, 1.54) is 25.9 Å². The van der Waals surface area contributed by atoms with Gasteiger partial charge >= 0.3 is 0 Å². The molecule has 0 saturated carbocycles. The molecule has 1 saturated heterocycles. The zero-order chi connectivity index (χ0) is 13.7. The first kappa shape index (κ1) is 14.2. The Kier molecular flexibility index (Phi) is 5.07. The van der Waals surface area contributed by atoms with Gasteiger partial charge in [-0.05, 0) is 50.0 Å². The van der Waals surface area contributed by atoms with Gasteiger partial charge in [0.05, 0.1) is 11.3 Å². The van der Waals surface area contributed by atoms with Crippen molar-refractivity contribution in [1.82, 2.24) is 4.90 Å². The van der Waals surface area contributed by atoms with E-state index in [0.29, 0.717) is 10.6 Å². The molecule has 1 aliphatic heterocycles. The highest BCUT2D eigenvalue weighted by Gasteiger charge is 2.14. The molecular formula is C15H20ClN3. The summed E-state index contributed by atoms with van der Waals surface area (Å²) in [6, 6.07) is 7.50. The minimum Gasteiger partial charge on any atom is -0.383 e. The number of nitriles is 1. The van der Waals surface area contributed by atoms with Crippen LogP contribution in [0, 0.1) is 17.2 Å². The molecule has 0 aromatic heterocycles. The molecule has 2 rings (SSSR count). The monoisotopic (exact) mass is 277 g/mol. The molecule has 1 N–H and O–H groups in total. The molecule has 19 heavy (non-hydrogen) atoms. The molecule has 1 aromatic carbocycles. The highest BCUT2D eigenvalue weighted by molar-refractivity contribution is 6.30. The van der Waals surface area contributed by atoms with E-state index in [1.54, 1.807) is 12.1 Å². The van der Waals surface area contributed by atoms with Crippen LogP contribution in [0.3, 0.4) is 0 Å². The Morgan fingerprint density at radius 2 is 2.16 bits per heavy atom. The number of anilines is 1. The summed E-state index contributed by atoms with van der Waals surface area (Å²) in [5, 5.41) is 13.0. The largest absolute Gasteiger partial charge is 0.383 e. The van der Waals surface area contributed by atoms with E-state index in [2.05, 4.69) is 23.2 Å². The number of likely N-dealkylation sites (tertiary alicyclic amines) is 1. The molecular weight excluding hydrogens is 258 g/mol. The number of hydrogen-bond donors (Lipinski definition) is 1. The molecule has 0 bridgehead atoms. The van der Waals surface area contributed by atoms with E-state index in [4.69, 9.17) is 16.9 Å². The summed E-state index contributed by atoms with van der Waals surface area (Å²) in [4.78, 5) is 2.48. The number of halogens is 1. The summed E-state index contributed by atoms with van der Waals surface area (Å²) in [5.41, 5.74) is 1.48. The standard InChI is InChI=1S/C15H20ClN3/c1-12-4-7-19(8-5-12)9-6-18-15-10-14(16)3-2-13(15)11-17/h2-3,10,12,18H,4-9H2,1H3. The van der Waals surface area contributed by atoms with Gasteiger partial charge in [0.2, 0.25) is 0 Å². The fourth-order valence-electron chi connectivity index (χ4n) is 2.39. The number of hydrogen-bond acceptors (Lipinski definition) is 3. The number of nitrogens with zero attached hydrogens (tertiary/aromatic N) is 2. The van der Waals surface area contributed by atoms with Gasteiger partial charge < -0.3 is 10.2 Å². The van der Waals surface area contributed by atoms with Gasteiger partial charge in [0.25, 0.3) is 0 Å². The number of piperidine rings is 1. The molecule has 4 heteroatoms. The van der Waals surface area contributed by atoms with Crippen molar-refractivity contribution in [3.8, 4) is 6.07 Å². The van der Waals surface area contributed by atoms with Gasteiger partial charge in [0.1, 0.15) is 6.07 Å². The van der Waals surface area contributed by atoms with Crippen LogP contribution in [0.5, 0.6) is 0 Å². The molecule has 0 unspecified atom stereocenters. The SMILES string of the molecule is CC1CCN(CCNc2cc(Cl)ccc2C#N)CC1. The second-order valence-electron chi connectivity index (χ2n) is 5.25. The van der Waals surface area contributed by atoms with Gasteiger partial charge in [-0.15, -0.1) is 0 Å². The van der Waals surface area contributed by atoms with Crippen LogP contribution in [-0.4, -0.2) is 31.1 Å². The van der Waals surface area contributed by atoms with Crippen LogP contribution in [-0.2, 0) is 0 Å². The third-order valence-corrected chi connectivity index (χ3v) is 3.96. The summed E-state index contributed by atoms with van der Waals surface area (Å²) in [5.74, 6) is 0.863. The predicted octanol–water partition coefficient (Wildman–Crippen LogP) is 3.36. The van der Waals surface area contributed by atoms with Crippen molar-refractivity contribution in [3.05, 3.63) is 28.8 Å². The van der Waals surface area contributed by atoms with Gasteiger partial charge in [0, 0.05) is 18.1 Å². The Morgan fingerprint density at radius 3 is 2.84 bits per heavy atom. The van der Waals surface area contributed by atoms with Gasteiger partial charge in [-0.3, -0.25) is 0 Å². The maximum absolute atomic E-state index is 9.04. The minimum atomic E-state index is 0.650. The van der Waals surface area contributed by atoms with Crippen molar-refractivity contribution in [2.45, 2.75) is 19.8 Å². The van der Waals surface area contributed by atoms with Crippen molar-refractivity contribution < 1.29 is 0 Å². The zero-order valence-corrected chi connectivity index (χ0v) is 12.1.